The number of rotatable bonds is 1. The monoisotopic (exact) mass is 210 g/mol. The van der Waals surface area contributed by atoms with E-state index in [-0.39, 0.29) is 0 Å². The molecule has 1 aliphatic carbocycles. The van der Waals surface area contributed by atoms with Crippen LogP contribution in [-0.2, 0) is 6.42 Å². The zero-order chi connectivity index (χ0) is 11.1. The van der Waals surface area contributed by atoms with Crippen molar-refractivity contribution in [3.63, 3.8) is 0 Å². The predicted molar refractivity (Wildman–Crippen MR) is 68.6 cm³/mol. The van der Waals surface area contributed by atoms with Gasteiger partial charge in [-0.15, -0.1) is 0 Å². The summed E-state index contributed by atoms with van der Waals surface area (Å²) in [5.74, 6) is 0. The Kier molecular flexibility index (Phi) is 1.90. The average molecular weight is 210 g/mol. The fraction of sp³-hybridized carbons (Fsp3) is 0.143. The van der Waals surface area contributed by atoms with Crippen molar-refractivity contribution in [2.24, 2.45) is 0 Å². The standard InChI is InChI=1S/C14H14N2/c1-16-12-7-3-5-10-8-9-4-2-6-11(15)13(9)14(10)12/h2-7,16H,8,15H2,1H3. The molecule has 0 heterocycles. The van der Waals surface area contributed by atoms with E-state index < -0.39 is 0 Å². The molecule has 0 saturated carbocycles. The third kappa shape index (κ3) is 1.13. The van der Waals surface area contributed by atoms with Gasteiger partial charge in [-0.1, -0.05) is 24.3 Å². The van der Waals surface area contributed by atoms with Crippen molar-refractivity contribution < 1.29 is 0 Å². The van der Waals surface area contributed by atoms with Gasteiger partial charge in [0.15, 0.2) is 0 Å². The fourth-order valence-corrected chi connectivity index (χ4v) is 2.53. The summed E-state index contributed by atoms with van der Waals surface area (Å²) in [5.41, 5.74) is 13.3. The van der Waals surface area contributed by atoms with E-state index in [1.807, 2.05) is 19.2 Å². The number of nitrogens with one attached hydrogen (secondary N) is 1. The highest BCUT2D eigenvalue weighted by atomic mass is 14.8. The Morgan fingerprint density at radius 1 is 1.00 bits per heavy atom. The third-order valence-electron chi connectivity index (χ3n) is 3.23. The molecule has 0 aromatic heterocycles. The molecule has 2 aromatic carbocycles. The summed E-state index contributed by atoms with van der Waals surface area (Å²) < 4.78 is 0. The zero-order valence-electron chi connectivity index (χ0n) is 9.25. The Morgan fingerprint density at radius 2 is 1.69 bits per heavy atom. The van der Waals surface area contributed by atoms with Gasteiger partial charge in [0.2, 0.25) is 0 Å². The van der Waals surface area contributed by atoms with Crippen LogP contribution >= 0.6 is 0 Å². The minimum Gasteiger partial charge on any atom is -0.398 e. The number of fused-ring (bicyclic) bond motifs is 3. The highest BCUT2D eigenvalue weighted by molar-refractivity contribution is 5.93. The van der Waals surface area contributed by atoms with Crippen LogP contribution in [0.15, 0.2) is 36.4 Å². The van der Waals surface area contributed by atoms with Crippen LogP contribution in [0.5, 0.6) is 0 Å². The minimum absolute atomic E-state index is 0.874. The first-order valence-electron chi connectivity index (χ1n) is 5.48. The van der Waals surface area contributed by atoms with Gasteiger partial charge in [-0.25, -0.2) is 0 Å². The first-order valence-corrected chi connectivity index (χ1v) is 5.48. The van der Waals surface area contributed by atoms with Crippen molar-refractivity contribution in [3.8, 4) is 11.1 Å². The van der Waals surface area contributed by atoms with Gasteiger partial charge in [0.1, 0.15) is 0 Å². The van der Waals surface area contributed by atoms with Crippen molar-refractivity contribution >= 4 is 11.4 Å². The van der Waals surface area contributed by atoms with Gasteiger partial charge < -0.3 is 11.1 Å². The van der Waals surface area contributed by atoms with Crippen molar-refractivity contribution in [2.45, 2.75) is 6.42 Å². The van der Waals surface area contributed by atoms with Crippen LogP contribution in [0.2, 0.25) is 0 Å². The summed E-state index contributed by atoms with van der Waals surface area (Å²) in [7, 11) is 1.95. The Labute approximate surface area is 95.1 Å². The Morgan fingerprint density at radius 3 is 2.44 bits per heavy atom. The van der Waals surface area contributed by atoms with Crippen molar-refractivity contribution in [2.75, 3.05) is 18.1 Å². The molecule has 0 saturated heterocycles. The number of nitrogens with two attached hydrogens (primary N) is 1. The van der Waals surface area contributed by atoms with Crippen molar-refractivity contribution in [1.29, 1.82) is 0 Å². The van der Waals surface area contributed by atoms with E-state index >= 15 is 0 Å². The fourth-order valence-electron chi connectivity index (χ4n) is 2.53. The lowest BCUT2D eigenvalue weighted by Gasteiger charge is -2.10. The first kappa shape index (κ1) is 9.28. The molecule has 0 aliphatic heterocycles. The van der Waals surface area contributed by atoms with Gasteiger partial charge in [0, 0.05) is 29.5 Å². The number of hydrogen-bond donors (Lipinski definition) is 2. The van der Waals surface area contributed by atoms with Gasteiger partial charge >= 0.3 is 0 Å². The lowest BCUT2D eigenvalue weighted by atomic mass is 10.0. The van der Waals surface area contributed by atoms with Crippen LogP contribution in [0, 0.1) is 0 Å². The van der Waals surface area contributed by atoms with Gasteiger partial charge in [-0.05, 0) is 29.7 Å². The molecule has 0 fully saturated rings. The third-order valence-corrected chi connectivity index (χ3v) is 3.23. The van der Waals surface area contributed by atoms with Gasteiger partial charge in [0.05, 0.1) is 0 Å². The van der Waals surface area contributed by atoms with E-state index in [0.717, 1.165) is 17.8 Å². The quantitative estimate of drug-likeness (QED) is 0.606. The van der Waals surface area contributed by atoms with Crippen molar-refractivity contribution in [3.05, 3.63) is 47.5 Å². The van der Waals surface area contributed by atoms with Crippen molar-refractivity contribution in [1.82, 2.24) is 0 Å². The van der Waals surface area contributed by atoms with E-state index in [1.165, 1.54) is 22.3 Å². The number of benzene rings is 2. The molecule has 2 heteroatoms. The second kappa shape index (κ2) is 3.27. The summed E-state index contributed by atoms with van der Waals surface area (Å²) in [6.07, 6.45) is 0.991. The smallest absolute Gasteiger partial charge is 0.0421 e. The summed E-state index contributed by atoms with van der Waals surface area (Å²) in [5, 5.41) is 3.24. The lowest BCUT2D eigenvalue weighted by molar-refractivity contribution is 1.26. The van der Waals surface area contributed by atoms with E-state index in [1.54, 1.807) is 0 Å². The average Bonchev–Trinajstić information content (AvgIpc) is 2.68. The number of anilines is 2. The zero-order valence-corrected chi connectivity index (χ0v) is 9.25. The molecule has 0 amide bonds. The van der Waals surface area contributed by atoms with E-state index in [0.29, 0.717) is 0 Å². The number of hydrogen-bond acceptors (Lipinski definition) is 2. The molecule has 0 spiro atoms. The van der Waals surface area contributed by atoms with E-state index in [9.17, 15) is 0 Å². The lowest BCUT2D eigenvalue weighted by Crippen LogP contribution is -1.94. The largest absolute Gasteiger partial charge is 0.398 e. The maximum absolute atomic E-state index is 6.08. The molecule has 0 bridgehead atoms. The first-order chi connectivity index (χ1) is 7.81. The van der Waals surface area contributed by atoms with Crippen LogP contribution in [-0.4, -0.2) is 7.05 Å². The molecule has 16 heavy (non-hydrogen) atoms. The Hall–Kier alpha value is -1.96. The van der Waals surface area contributed by atoms with Gasteiger partial charge in [-0.3, -0.25) is 0 Å². The van der Waals surface area contributed by atoms with Crippen LogP contribution < -0.4 is 11.1 Å². The molecule has 2 aromatic rings. The van der Waals surface area contributed by atoms with Crippen LogP contribution in [0.1, 0.15) is 11.1 Å². The maximum atomic E-state index is 6.08. The van der Waals surface area contributed by atoms with E-state index in [2.05, 4.69) is 29.6 Å². The van der Waals surface area contributed by atoms with E-state index in [4.69, 9.17) is 5.73 Å². The van der Waals surface area contributed by atoms with Crippen LogP contribution in [0.3, 0.4) is 0 Å². The van der Waals surface area contributed by atoms with Crippen LogP contribution in [0.25, 0.3) is 11.1 Å². The molecule has 3 N–H and O–H groups in total. The molecule has 0 atom stereocenters. The highest BCUT2D eigenvalue weighted by Gasteiger charge is 2.22. The molecule has 0 unspecified atom stereocenters. The second-order valence-corrected chi connectivity index (χ2v) is 4.15. The van der Waals surface area contributed by atoms with Gasteiger partial charge in [-0.2, -0.15) is 0 Å². The van der Waals surface area contributed by atoms with Gasteiger partial charge in [0.25, 0.3) is 0 Å². The summed E-state index contributed by atoms with van der Waals surface area (Å²) in [4.78, 5) is 0. The summed E-state index contributed by atoms with van der Waals surface area (Å²) in [6.45, 7) is 0. The molecule has 0 radical (unpaired) electrons. The minimum atomic E-state index is 0.874. The Bertz CT molecular complexity index is 559. The maximum Gasteiger partial charge on any atom is 0.0421 e. The molecule has 3 rings (SSSR count). The second-order valence-electron chi connectivity index (χ2n) is 4.15. The van der Waals surface area contributed by atoms with Crippen LogP contribution in [0.4, 0.5) is 11.4 Å². The molecule has 1 aliphatic rings. The Balaban J connectivity index is 2.34. The SMILES string of the molecule is CNc1cccc2c1-c1c(N)cccc1C2. The predicted octanol–water partition coefficient (Wildman–Crippen LogP) is 2.88. The normalized spacial score (nSPS) is 12.1. The highest BCUT2D eigenvalue weighted by Crippen LogP contribution is 2.44. The summed E-state index contributed by atoms with van der Waals surface area (Å²) in [6, 6.07) is 12.5. The number of nitrogen functional groups attached to an aromatic ring is 1. The molecule has 2 nitrogen and oxygen atoms in total. The summed E-state index contributed by atoms with van der Waals surface area (Å²) >= 11 is 0. The molecular weight excluding hydrogens is 196 g/mol. The topological polar surface area (TPSA) is 38.0 Å². The molecule has 80 valence electrons. The molecular formula is C14H14N2.